The molecule has 20 heavy (non-hydrogen) atoms. The first-order chi connectivity index (χ1) is 9.63. The Bertz CT molecular complexity index is 612. The average molecular weight is 268 g/mol. The molecule has 0 amide bonds. The molecule has 0 aliphatic heterocycles. The summed E-state index contributed by atoms with van der Waals surface area (Å²) < 4.78 is 5.70. The van der Waals surface area contributed by atoms with Crippen molar-refractivity contribution in [2.24, 2.45) is 0 Å². The third-order valence-electron chi connectivity index (χ3n) is 2.80. The third kappa shape index (κ3) is 4.28. The van der Waals surface area contributed by atoms with Crippen LogP contribution in [0.5, 0.6) is 5.75 Å². The lowest BCUT2D eigenvalue weighted by Crippen LogP contribution is -1.95. The van der Waals surface area contributed by atoms with Crippen LogP contribution in [-0.4, -0.2) is 11.1 Å². The van der Waals surface area contributed by atoms with Crippen molar-refractivity contribution in [3.8, 4) is 5.75 Å². The zero-order chi connectivity index (χ0) is 14.4. The predicted octanol–water partition coefficient (Wildman–Crippen LogP) is 3.67. The summed E-state index contributed by atoms with van der Waals surface area (Å²) in [5, 5.41) is 8.60. The molecule has 3 heteroatoms. The van der Waals surface area contributed by atoms with Gasteiger partial charge in [0.25, 0.3) is 0 Å². The molecule has 1 N–H and O–H groups in total. The standard InChI is InChI=1S/C17H16O3/c1-13-5-7-15(8-6-13)12-20-16-4-2-3-14(11-16)9-10-17(18)19/h2-11H,12H2,1H3,(H,18,19)/b10-9+. The minimum Gasteiger partial charge on any atom is -0.489 e. The summed E-state index contributed by atoms with van der Waals surface area (Å²) in [6, 6.07) is 15.5. The molecular weight excluding hydrogens is 252 g/mol. The molecule has 0 heterocycles. The van der Waals surface area contributed by atoms with E-state index in [9.17, 15) is 4.79 Å². The lowest BCUT2D eigenvalue weighted by molar-refractivity contribution is -0.131. The third-order valence-corrected chi connectivity index (χ3v) is 2.80. The molecule has 0 unspecified atom stereocenters. The van der Waals surface area contributed by atoms with Crippen LogP contribution in [0.1, 0.15) is 16.7 Å². The van der Waals surface area contributed by atoms with Crippen molar-refractivity contribution in [3.63, 3.8) is 0 Å². The number of aliphatic carboxylic acids is 1. The van der Waals surface area contributed by atoms with Crippen LogP contribution in [-0.2, 0) is 11.4 Å². The van der Waals surface area contributed by atoms with Crippen LogP contribution in [0, 0.1) is 6.92 Å². The number of rotatable bonds is 5. The van der Waals surface area contributed by atoms with Crippen LogP contribution in [0.25, 0.3) is 6.08 Å². The lowest BCUT2D eigenvalue weighted by atomic mass is 10.1. The quantitative estimate of drug-likeness (QED) is 0.841. The van der Waals surface area contributed by atoms with E-state index in [0.29, 0.717) is 6.61 Å². The molecule has 0 saturated heterocycles. The Morgan fingerprint density at radius 1 is 1.20 bits per heavy atom. The first kappa shape index (κ1) is 13.9. The molecule has 2 rings (SSSR count). The van der Waals surface area contributed by atoms with E-state index in [0.717, 1.165) is 23.0 Å². The Hall–Kier alpha value is -2.55. The Kier molecular flexibility index (Phi) is 4.56. The number of ether oxygens (including phenoxy) is 1. The molecule has 0 radical (unpaired) electrons. The first-order valence-corrected chi connectivity index (χ1v) is 6.33. The van der Waals surface area contributed by atoms with Gasteiger partial charge in [-0.3, -0.25) is 0 Å². The maximum absolute atomic E-state index is 10.5. The number of carboxylic acid groups (broad SMARTS) is 1. The van der Waals surface area contributed by atoms with Gasteiger partial charge in [0.15, 0.2) is 0 Å². The maximum Gasteiger partial charge on any atom is 0.328 e. The van der Waals surface area contributed by atoms with Crippen molar-refractivity contribution in [3.05, 3.63) is 71.3 Å². The monoisotopic (exact) mass is 268 g/mol. The molecule has 0 spiro atoms. The number of benzene rings is 2. The van der Waals surface area contributed by atoms with E-state index in [1.165, 1.54) is 5.56 Å². The van der Waals surface area contributed by atoms with Crippen LogP contribution < -0.4 is 4.74 Å². The Labute approximate surface area is 118 Å². The van der Waals surface area contributed by atoms with Crippen molar-refractivity contribution in [1.82, 2.24) is 0 Å². The molecule has 3 nitrogen and oxygen atoms in total. The summed E-state index contributed by atoms with van der Waals surface area (Å²) in [5.74, 6) is -0.242. The van der Waals surface area contributed by atoms with Gasteiger partial charge < -0.3 is 9.84 Å². The van der Waals surface area contributed by atoms with Gasteiger partial charge in [-0.25, -0.2) is 4.79 Å². The summed E-state index contributed by atoms with van der Waals surface area (Å²) in [6.45, 7) is 2.54. The van der Waals surface area contributed by atoms with E-state index < -0.39 is 5.97 Å². The molecule has 0 saturated carbocycles. The molecule has 0 aliphatic carbocycles. The fraction of sp³-hybridized carbons (Fsp3) is 0.118. The van der Waals surface area contributed by atoms with E-state index in [1.54, 1.807) is 6.08 Å². The highest BCUT2D eigenvalue weighted by Gasteiger charge is 1.97. The van der Waals surface area contributed by atoms with Crippen LogP contribution in [0.15, 0.2) is 54.6 Å². The second-order valence-corrected chi connectivity index (χ2v) is 4.52. The van der Waals surface area contributed by atoms with Gasteiger partial charge in [-0.2, -0.15) is 0 Å². The smallest absolute Gasteiger partial charge is 0.328 e. The summed E-state index contributed by atoms with van der Waals surface area (Å²) in [4.78, 5) is 10.5. The molecule has 0 bridgehead atoms. The number of carboxylic acids is 1. The normalized spacial score (nSPS) is 10.7. The highest BCUT2D eigenvalue weighted by molar-refractivity contribution is 5.85. The van der Waals surface area contributed by atoms with Crippen molar-refractivity contribution >= 4 is 12.0 Å². The van der Waals surface area contributed by atoms with Crippen LogP contribution in [0.2, 0.25) is 0 Å². The topological polar surface area (TPSA) is 46.5 Å². The minimum atomic E-state index is -0.962. The molecule has 0 atom stereocenters. The molecule has 102 valence electrons. The van der Waals surface area contributed by atoms with Gasteiger partial charge in [-0.05, 0) is 36.3 Å². The second-order valence-electron chi connectivity index (χ2n) is 4.52. The van der Waals surface area contributed by atoms with Gasteiger partial charge >= 0.3 is 5.97 Å². The van der Waals surface area contributed by atoms with E-state index in [2.05, 4.69) is 0 Å². The fourth-order valence-corrected chi connectivity index (χ4v) is 1.73. The number of aryl methyl sites for hydroxylation is 1. The molecule has 0 aliphatic rings. The summed E-state index contributed by atoms with van der Waals surface area (Å²) in [5.41, 5.74) is 3.12. The highest BCUT2D eigenvalue weighted by atomic mass is 16.5. The fourth-order valence-electron chi connectivity index (χ4n) is 1.73. The maximum atomic E-state index is 10.5. The van der Waals surface area contributed by atoms with Crippen molar-refractivity contribution in [2.75, 3.05) is 0 Å². The summed E-state index contributed by atoms with van der Waals surface area (Å²) >= 11 is 0. The molecule has 0 fully saturated rings. The van der Waals surface area contributed by atoms with Gasteiger partial charge in [0.2, 0.25) is 0 Å². The Morgan fingerprint density at radius 2 is 1.95 bits per heavy atom. The van der Waals surface area contributed by atoms with Crippen LogP contribution in [0.4, 0.5) is 0 Å². The molecular formula is C17H16O3. The number of carbonyl (C=O) groups is 1. The van der Waals surface area contributed by atoms with E-state index in [1.807, 2.05) is 55.5 Å². The second kappa shape index (κ2) is 6.57. The lowest BCUT2D eigenvalue weighted by Gasteiger charge is -2.07. The van der Waals surface area contributed by atoms with Gasteiger partial charge in [0, 0.05) is 6.08 Å². The van der Waals surface area contributed by atoms with Gasteiger partial charge in [-0.1, -0.05) is 42.0 Å². The van der Waals surface area contributed by atoms with E-state index in [-0.39, 0.29) is 0 Å². The summed E-state index contributed by atoms with van der Waals surface area (Å²) in [6.07, 6.45) is 2.65. The predicted molar refractivity (Wildman–Crippen MR) is 78.6 cm³/mol. The van der Waals surface area contributed by atoms with Crippen molar-refractivity contribution in [2.45, 2.75) is 13.5 Å². The van der Waals surface area contributed by atoms with E-state index in [4.69, 9.17) is 9.84 Å². The Morgan fingerprint density at radius 3 is 2.65 bits per heavy atom. The average Bonchev–Trinajstić information content (AvgIpc) is 2.45. The zero-order valence-electron chi connectivity index (χ0n) is 11.2. The van der Waals surface area contributed by atoms with E-state index >= 15 is 0 Å². The number of hydrogen-bond donors (Lipinski definition) is 1. The Balaban J connectivity index is 2.01. The van der Waals surface area contributed by atoms with Crippen molar-refractivity contribution < 1.29 is 14.6 Å². The largest absolute Gasteiger partial charge is 0.489 e. The van der Waals surface area contributed by atoms with Crippen molar-refractivity contribution in [1.29, 1.82) is 0 Å². The minimum absolute atomic E-state index is 0.492. The molecule has 2 aromatic carbocycles. The van der Waals surface area contributed by atoms with Gasteiger partial charge in [0.1, 0.15) is 12.4 Å². The van der Waals surface area contributed by atoms with Gasteiger partial charge in [-0.15, -0.1) is 0 Å². The summed E-state index contributed by atoms with van der Waals surface area (Å²) in [7, 11) is 0. The molecule has 2 aromatic rings. The van der Waals surface area contributed by atoms with Gasteiger partial charge in [0.05, 0.1) is 0 Å². The first-order valence-electron chi connectivity index (χ1n) is 6.33. The van der Waals surface area contributed by atoms with Crippen LogP contribution >= 0.6 is 0 Å². The highest BCUT2D eigenvalue weighted by Crippen LogP contribution is 2.16. The zero-order valence-corrected chi connectivity index (χ0v) is 11.2. The molecule has 0 aromatic heterocycles. The SMILES string of the molecule is Cc1ccc(COc2cccc(/C=C/C(=O)O)c2)cc1. The number of hydrogen-bond acceptors (Lipinski definition) is 2. The van der Waals surface area contributed by atoms with Crippen LogP contribution in [0.3, 0.4) is 0 Å².